The number of aromatic nitrogens is 2. The van der Waals surface area contributed by atoms with Gasteiger partial charge in [0.1, 0.15) is 11.9 Å². The highest BCUT2D eigenvalue weighted by atomic mass is 19.4. The largest absolute Gasteiger partial charge is 0.497 e. The normalized spacial score (nSPS) is 19.9. The molecule has 1 atom stereocenters. The quantitative estimate of drug-likeness (QED) is 0.736. The second-order valence-corrected chi connectivity index (χ2v) is 7.61. The van der Waals surface area contributed by atoms with Crippen molar-refractivity contribution in [2.45, 2.75) is 37.3 Å². The molecule has 2 aliphatic heterocycles. The molecular weight excluding hydrogens is 431 g/mol. The van der Waals surface area contributed by atoms with E-state index in [9.17, 15) is 13.2 Å². The van der Waals surface area contributed by atoms with Gasteiger partial charge in [-0.15, -0.1) is 0 Å². The molecule has 8 nitrogen and oxygen atoms in total. The van der Waals surface area contributed by atoms with E-state index in [1.165, 1.54) is 5.56 Å². The lowest BCUT2D eigenvalue weighted by Gasteiger charge is -2.53. The van der Waals surface area contributed by atoms with Crippen LogP contribution in [-0.2, 0) is 16.1 Å². The average Bonchev–Trinajstić information content (AvgIpc) is 2.73. The molecule has 4 rings (SSSR count). The third-order valence-electron chi connectivity index (χ3n) is 5.08. The number of hydrogen-bond acceptors (Lipinski definition) is 7. The van der Waals surface area contributed by atoms with Crippen LogP contribution in [0.4, 0.5) is 13.2 Å². The average molecular weight is 455 g/mol. The first-order valence-electron chi connectivity index (χ1n) is 9.91. The van der Waals surface area contributed by atoms with Gasteiger partial charge < -0.3 is 19.3 Å². The van der Waals surface area contributed by atoms with Crippen molar-refractivity contribution in [2.24, 2.45) is 0 Å². The van der Waals surface area contributed by atoms with Crippen molar-refractivity contribution in [1.82, 2.24) is 14.9 Å². The summed E-state index contributed by atoms with van der Waals surface area (Å²) in [4.78, 5) is 19.6. The van der Waals surface area contributed by atoms with Crippen molar-refractivity contribution in [1.29, 1.82) is 0 Å². The minimum Gasteiger partial charge on any atom is -0.497 e. The van der Waals surface area contributed by atoms with Gasteiger partial charge >= 0.3 is 12.1 Å². The highest BCUT2D eigenvalue weighted by molar-refractivity contribution is 5.73. The van der Waals surface area contributed by atoms with Crippen molar-refractivity contribution in [3.05, 3.63) is 48.4 Å². The summed E-state index contributed by atoms with van der Waals surface area (Å²) in [6.07, 6.45) is 1.83. The maximum Gasteiger partial charge on any atom is 0.490 e. The van der Waals surface area contributed by atoms with E-state index in [1.807, 2.05) is 12.1 Å². The molecule has 1 N–H and O–H groups in total. The van der Waals surface area contributed by atoms with Gasteiger partial charge in [-0.3, -0.25) is 9.88 Å². The number of aliphatic carboxylic acids is 1. The first-order valence-corrected chi connectivity index (χ1v) is 9.91. The maximum absolute atomic E-state index is 10.6. The van der Waals surface area contributed by atoms with Crippen LogP contribution < -0.4 is 9.47 Å². The van der Waals surface area contributed by atoms with Gasteiger partial charge in [-0.1, -0.05) is 12.1 Å². The minimum atomic E-state index is -5.08. The molecule has 1 spiro atoms. The van der Waals surface area contributed by atoms with Gasteiger partial charge in [-0.2, -0.15) is 13.2 Å². The molecule has 0 aliphatic carbocycles. The number of ether oxygens (including phenoxy) is 3. The number of rotatable bonds is 5. The Labute approximate surface area is 182 Å². The predicted octanol–water partition coefficient (Wildman–Crippen LogP) is 2.93. The Balaban J connectivity index is 0.000000360. The number of nitrogens with zero attached hydrogens (tertiary/aromatic N) is 3. The number of methoxy groups -OCH3 is 1. The number of halogens is 3. The van der Waals surface area contributed by atoms with Gasteiger partial charge in [-0.25, -0.2) is 9.78 Å². The fourth-order valence-electron chi connectivity index (χ4n) is 3.73. The molecule has 32 heavy (non-hydrogen) atoms. The van der Waals surface area contributed by atoms with Crippen LogP contribution in [0.25, 0.3) is 0 Å². The first-order chi connectivity index (χ1) is 15.2. The Morgan fingerprint density at radius 1 is 1.34 bits per heavy atom. The summed E-state index contributed by atoms with van der Waals surface area (Å²) in [7, 11) is 1.70. The minimum absolute atomic E-state index is 0.0794. The van der Waals surface area contributed by atoms with Crippen LogP contribution >= 0.6 is 0 Å². The zero-order valence-corrected chi connectivity index (χ0v) is 17.4. The number of likely N-dealkylation sites (tertiary alicyclic amines) is 1. The van der Waals surface area contributed by atoms with Crippen LogP contribution in [0.5, 0.6) is 11.6 Å². The molecule has 1 unspecified atom stereocenters. The van der Waals surface area contributed by atoms with Crippen LogP contribution in [-0.4, -0.2) is 70.6 Å². The molecule has 2 saturated heterocycles. The lowest BCUT2D eigenvalue weighted by Crippen LogP contribution is -2.65. The second kappa shape index (κ2) is 10.1. The number of alkyl halides is 3. The van der Waals surface area contributed by atoms with E-state index in [0.717, 1.165) is 44.8 Å². The van der Waals surface area contributed by atoms with Crippen LogP contribution in [0.2, 0.25) is 0 Å². The van der Waals surface area contributed by atoms with Gasteiger partial charge in [0.25, 0.3) is 0 Å². The third-order valence-corrected chi connectivity index (χ3v) is 5.08. The number of benzene rings is 1. The van der Waals surface area contributed by atoms with Crippen LogP contribution in [0.15, 0.2) is 42.9 Å². The lowest BCUT2D eigenvalue weighted by molar-refractivity contribution is -0.192. The van der Waals surface area contributed by atoms with E-state index in [1.54, 1.807) is 25.7 Å². The predicted molar refractivity (Wildman–Crippen MR) is 106 cm³/mol. The topological polar surface area (TPSA) is 94.0 Å². The highest BCUT2D eigenvalue weighted by Crippen LogP contribution is 2.36. The Bertz CT molecular complexity index is 892. The molecule has 174 valence electrons. The zero-order chi connectivity index (χ0) is 23.2. The van der Waals surface area contributed by atoms with Crippen molar-refractivity contribution in [2.75, 3.05) is 26.8 Å². The maximum atomic E-state index is 10.6. The molecule has 2 fully saturated rings. The van der Waals surface area contributed by atoms with Crippen molar-refractivity contribution < 1.29 is 37.3 Å². The molecule has 11 heteroatoms. The van der Waals surface area contributed by atoms with Crippen molar-refractivity contribution in [3.63, 3.8) is 0 Å². The summed E-state index contributed by atoms with van der Waals surface area (Å²) in [6.45, 7) is 3.52. The number of carboxylic acid groups (broad SMARTS) is 1. The van der Waals surface area contributed by atoms with Crippen molar-refractivity contribution in [3.8, 4) is 11.6 Å². The van der Waals surface area contributed by atoms with Crippen LogP contribution in [0, 0.1) is 0 Å². The molecular formula is C21H24F3N3O5. The summed E-state index contributed by atoms with van der Waals surface area (Å²) < 4.78 is 49.1. The lowest BCUT2D eigenvalue weighted by atomic mass is 9.84. The standard InChI is InChI=1S/C19H23N3O3.C2HF3O2/c1-23-16-4-2-3-15(9-16)12-22-13-19(14-22)10-17(5-8-24-19)25-18-11-20-6-7-21-18;3-2(4,5)1(6)7/h2-4,6-7,9,11,17H,5,8,10,12-14H2,1H3;(H,6,7). The summed E-state index contributed by atoms with van der Waals surface area (Å²) in [5.41, 5.74) is 1.18. The van der Waals surface area contributed by atoms with Gasteiger partial charge in [0, 0.05) is 44.9 Å². The molecule has 2 aromatic rings. The molecule has 2 aliphatic rings. The van der Waals surface area contributed by atoms with Gasteiger partial charge in [0.05, 0.1) is 25.5 Å². The Morgan fingerprint density at radius 2 is 2.09 bits per heavy atom. The molecule has 1 aromatic carbocycles. The molecule has 0 saturated carbocycles. The molecule has 1 aromatic heterocycles. The summed E-state index contributed by atoms with van der Waals surface area (Å²) in [6, 6.07) is 8.23. The van der Waals surface area contributed by atoms with E-state index in [-0.39, 0.29) is 11.7 Å². The third kappa shape index (κ3) is 6.54. The van der Waals surface area contributed by atoms with Crippen molar-refractivity contribution >= 4 is 5.97 Å². The molecule has 3 heterocycles. The number of carboxylic acids is 1. The van der Waals surface area contributed by atoms with Crippen LogP contribution in [0.3, 0.4) is 0 Å². The number of carbonyl (C=O) groups is 1. The SMILES string of the molecule is COc1cccc(CN2CC3(CC(Oc4cnccn4)CCO3)C2)c1.O=C(O)C(F)(F)F. The molecule has 0 radical (unpaired) electrons. The first kappa shape index (κ1) is 23.7. The Hall–Kier alpha value is -2.92. The van der Waals surface area contributed by atoms with E-state index < -0.39 is 12.1 Å². The van der Waals surface area contributed by atoms with Crippen LogP contribution in [0.1, 0.15) is 18.4 Å². The Morgan fingerprint density at radius 3 is 2.72 bits per heavy atom. The summed E-state index contributed by atoms with van der Waals surface area (Å²) in [5.74, 6) is -1.26. The summed E-state index contributed by atoms with van der Waals surface area (Å²) in [5, 5.41) is 7.12. The van der Waals surface area contributed by atoms with E-state index in [2.05, 4.69) is 27.0 Å². The highest BCUT2D eigenvalue weighted by Gasteiger charge is 2.48. The van der Waals surface area contributed by atoms with Gasteiger partial charge in [0.15, 0.2) is 0 Å². The van der Waals surface area contributed by atoms with E-state index in [0.29, 0.717) is 5.88 Å². The fraction of sp³-hybridized carbons (Fsp3) is 0.476. The monoisotopic (exact) mass is 455 g/mol. The fourth-order valence-corrected chi connectivity index (χ4v) is 3.73. The molecule has 0 amide bonds. The zero-order valence-electron chi connectivity index (χ0n) is 17.4. The Kier molecular flexibility index (Phi) is 7.52. The number of hydrogen-bond donors (Lipinski definition) is 1. The van der Waals surface area contributed by atoms with E-state index >= 15 is 0 Å². The van der Waals surface area contributed by atoms with Gasteiger partial charge in [0.2, 0.25) is 5.88 Å². The second-order valence-electron chi connectivity index (χ2n) is 7.61. The molecule has 0 bridgehead atoms. The van der Waals surface area contributed by atoms with Gasteiger partial charge in [-0.05, 0) is 17.7 Å². The van der Waals surface area contributed by atoms with E-state index in [4.69, 9.17) is 24.1 Å². The smallest absolute Gasteiger partial charge is 0.490 e. The summed E-state index contributed by atoms with van der Waals surface area (Å²) >= 11 is 0.